The Labute approximate surface area is 135 Å². The molecule has 3 nitrogen and oxygen atoms in total. The van der Waals surface area contributed by atoms with Crippen LogP contribution in [-0.2, 0) is 4.79 Å². The standard InChI is InChI=1S/C18H18ClNO2/c1-3-13(17(19)21)15-10-6-7-11-16(15)20-18(22)14-9-5-4-8-12(14)2/h4-11,13H,3H2,1-2H3,(H,20,22). The molecule has 2 rings (SSSR count). The van der Waals surface area contributed by atoms with Crippen LogP contribution in [-0.4, -0.2) is 11.1 Å². The molecule has 0 aliphatic heterocycles. The van der Waals surface area contributed by atoms with Crippen molar-refractivity contribution in [1.82, 2.24) is 0 Å². The highest BCUT2D eigenvalue weighted by Gasteiger charge is 2.20. The maximum Gasteiger partial charge on any atom is 0.255 e. The summed E-state index contributed by atoms with van der Waals surface area (Å²) in [5, 5.41) is 2.47. The highest BCUT2D eigenvalue weighted by molar-refractivity contribution is 6.64. The lowest BCUT2D eigenvalue weighted by atomic mass is 9.96. The average Bonchev–Trinajstić information content (AvgIpc) is 2.49. The van der Waals surface area contributed by atoms with Crippen molar-refractivity contribution in [2.75, 3.05) is 5.32 Å². The first kappa shape index (κ1) is 16.2. The normalized spacial score (nSPS) is 11.8. The highest BCUT2D eigenvalue weighted by Crippen LogP contribution is 2.29. The van der Waals surface area contributed by atoms with Crippen LogP contribution < -0.4 is 5.32 Å². The summed E-state index contributed by atoms with van der Waals surface area (Å²) in [6.07, 6.45) is 0.583. The number of halogens is 1. The van der Waals surface area contributed by atoms with Crippen molar-refractivity contribution in [3.05, 3.63) is 65.2 Å². The van der Waals surface area contributed by atoms with Crippen LogP contribution in [0.1, 0.15) is 40.7 Å². The fourth-order valence-corrected chi connectivity index (χ4v) is 2.71. The van der Waals surface area contributed by atoms with Gasteiger partial charge in [0.1, 0.15) is 0 Å². The first-order valence-corrected chi connectivity index (χ1v) is 7.57. The van der Waals surface area contributed by atoms with Gasteiger partial charge in [0, 0.05) is 11.3 Å². The maximum atomic E-state index is 12.4. The van der Waals surface area contributed by atoms with E-state index in [1.54, 1.807) is 12.1 Å². The number of para-hydroxylation sites is 1. The first-order valence-electron chi connectivity index (χ1n) is 7.19. The molecular weight excluding hydrogens is 298 g/mol. The second-order valence-electron chi connectivity index (χ2n) is 5.12. The largest absolute Gasteiger partial charge is 0.322 e. The van der Waals surface area contributed by atoms with Gasteiger partial charge in [0.2, 0.25) is 5.24 Å². The van der Waals surface area contributed by atoms with E-state index < -0.39 is 11.2 Å². The minimum absolute atomic E-state index is 0.192. The zero-order chi connectivity index (χ0) is 16.1. The van der Waals surface area contributed by atoms with Gasteiger partial charge in [-0.2, -0.15) is 0 Å². The Kier molecular flexibility index (Phi) is 5.34. The third-order valence-corrected chi connectivity index (χ3v) is 3.92. The van der Waals surface area contributed by atoms with E-state index in [0.29, 0.717) is 17.7 Å². The van der Waals surface area contributed by atoms with Crippen molar-refractivity contribution in [1.29, 1.82) is 0 Å². The summed E-state index contributed by atoms with van der Waals surface area (Å²) in [6, 6.07) is 14.6. The molecule has 0 fully saturated rings. The molecule has 1 N–H and O–H groups in total. The van der Waals surface area contributed by atoms with E-state index in [2.05, 4.69) is 5.32 Å². The molecule has 0 aliphatic rings. The van der Waals surface area contributed by atoms with Crippen LogP contribution in [0.5, 0.6) is 0 Å². The Morgan fingerprint density at radius 1 is 1.09 bits per heavy atom. The molecule has 2 aromatic rings. The Bertz CT molecular complexity index is 697. The van der Waals surface area contributed by atoms with Gasteiger partial charge in [-0.15, -0.1) is 0 Å². The molecule has 1 unspecified atom stereocenters. The molecule has 0 saturated heterocycles. The van der Waals surface area contributed by atoms with Crippen LogP contribution in [0.15, 0.2) is 48.5 Å². The van der Waals surface area contributed by atoms with Gasteiger partial charge < -0.3 is 5.32 Å². The second kappa shape index (κ2) is 7.23. The number of rotatable bonds is 5. The molecule has 0 heterocycles. The average molecular weight is 316 g/mol. The van der Waals surface area contributed by atoms with Gasteiger partial charge in [-0.1, -0.05) is 43.3 Å². The molecule has 0 saturated carbocycles. The van der Waals surface area contributed by atoms with Gasteiger partial charge >= 0.3 is 0 Å². The Hall–Kier alpha value is -2.13. The van der Waals surface area contributed by atoms with Gasteiger partial charge in [-0.3, -0.25) is 9.59 Å². The van der Waals surface area contributed by atoms with Crippen molar-refractivity contribution in [2.45, 2.75) is 26.2 Å². The third kappa shape index (κ3) is 3.55. The number of carbonyl (C=O) groups is 2. The smallest absolute Gasteiger partial charge is 0.255 e. The summed E-state index contributed by atoms with van der Waals surface area (Å²) in [6.45, 7) is 3.78. The van der Waals surface area contributed by atoms with E-state index in [-0.39, 0.29) is 5.91 Å². The molecule has 0 aromatic heterocycles. The minimum atomic E-state index is -0.421. The molecule has 2 aromatic carbocycles. The lowest BCUT2D eigenvalue weighted by Crippen LogP contribution is -2.16. The van der Waals surface area contributed by atoms with E-state index in [9.17, 15) is 9.59 Å². The van der Waals surface area contributed by atoms with Gasteiger partial charge in [-0.25, -0.2) is 0 Å². The number of anilines is 1. The van der Waals surface area contributed by atoms with Crippen molar-refractivity contribution in [2.24, 2.45) is 0 Å². The highest BCUT2D eigenvalue weighted by atomic mass is 35.5. The SMILES string of the molecule is CCC(C(=O)Cl)c1ccccc1NC(=O)c1ccccc1C. The molecular formula is C18H18ClNO2. The quantitative estimate of drug-likeness (QED) is 0.825. The molecule has 1 amide bonds. The zero-order valence-electron chi connectivity index (χ0n) is 12.6. The third-order valence-electron chi connectivity index (χ3n) is 3.66. The fourth-order valence-electron chi connectivity index (χ4n) is 2.43. The van der Waals surface area contributed by atoms with E-state index in [0.717, 1.165) is 11.1 Å². The van der Waals surface area contributed by atoms with Gasteiger partial charge in [-0.05, 0) is 48.2 Å². The predicted octanol–water partition coefficient (Wildman–Crippen LogP) is 4.51. The Morgan fingerprint density at radius 2 is 1.73 bits per heavy atom. The van der Waals surface area contributed by atoms with Crippen molar-refractivity contribution in [3.63, 3.8) is 0 Å². The van der Waals surface area contributed by atoms with Crippen molar-refractivity contribution in [3.8, 4) is 0 Å². The summed E-state index contributed by atoms with van der Waals surface area (Å²) in [5.74, 6) is -0.613. The number of hydrogen-bond donors (Lipinski definition) is 1. The summed E-state index contributed by atoms with van der Waals surface area (Å²) in [4.78, 5) is 24.0. The minimum Gasteiger partial charge on any atom is -0.322 e. The molecule has 0 bridgehead atoms. The summed E-state index contributed by atoms with van der Waals surface area (Å²) in [7, 11) is 0. The summed E-state index contributed by atoms with van der Waals surface area (Å²) >= 11 is 5.68. The van der Waals surface area contributed by atoms with Crippen LogP contribution in [0, 0.1) is 6.92 Å². The van der Waals surface area contributed by atoms with Crippen LogP contribution in [0.25, 0.3) is 0 Å². The molecule has 0 spiro atoms. The first-order chi connectivity index (χ1) is 10.5. The van der Waals surface area contributed by atoms with Gasteiger partial charge in [0.05, 0.1) is 5.92 Å². The van der Waals surface area contributed by atoms with Gasteiger partial charge in [0.25, 0.3) is 5.91 Å². The van der Waals surface area contributed by atoms with Crippen LogP contribution in [0.2, 0.25) is 0 Å². The lowest BCUT2D eigenvalue weighted by Gasteiger charge is -2.16. The molecule has 4 heteroatoms. The van der Waals surface area contributed by atoms with Crippen LogP contribution in [0.3, 0.4) is 0 Å². The van der Waals surface area contributed by atoms with Crippen molar-refractivity contribution >= 4 is 28.4 Å². The zero-order valence-corrected chi connectivity index (χ0v) is 13.4. The van der Waals surface area contributed by atoms with Crippen molar-refractivity contribution < 1.29 is 9.59 Å². The number of amides is 1. The monoisotopic (exact) mass is 315 g/mol. The molecule has 114 valence electrons. The summed E-state index contributed by atoms with van der Waals surface area (Å²) in [5.41, 5.74) is 2.88. The molecule has 1 atom stereocenters. The van der Waals surface area contributed by atoms with E-state index in [1.807, 2.05) is 50.2 Å². The molecule has 22 heavy (non-hydrogen) atoms. The number of aryl methyl sites for hydroxylation is 1. The van der Waals surface area contributed by atoms with E-state index in [4.69, 9.17) is 11.6 Å². The van der Waals surface area contributed by atoms with Crippen LogP contribution in [0.4, 0.5) is 5.69 Å². The number of carbonyl (C=O) groups excluding carboxylic acids is 2. The fraction of sp³-hybridized carbons (Fsp3) is 0.222. The molecule has 0 aliphatic carbocycles. The molecule has 0 radical (unpaired) electrons. The second-order valence-corrected chi connectivity index (χ2v) is 5.49. The van der Waals surface area contributed by atoms with Gasteiger partial charge in [0.15, 0.2) is 0 Å². The Morgan fingerprint density at radius 3 is 2.36 bits per heavy atom. The van der Waals surface area contributed by atoms with E-state index in [1.165, 1.54) is 0 Å². The lowest BCUT2D eigenvalue weighted by molar-refractivity contribution is -0.113. The number of benzene rings is 2. The topological polar surface area (TPSA) is 46.2 Å². The predicted molar refractivity (Wildman–Crippen MR) is 89.5 cm³/mol. The van der Waals surface area contributed by atoms with E-state index >= 15 is 0 Å². The number of hydrogen-bond acceptors (Lipinski definition) is 2. The Balaban J connectivity index is 2.33. The van der Waals surface area contributed by atoms with Crippen LogP contribution >= 0.6 is 11.6 Å². The maximum absolute atomic E-state index is 12.4. The summed E-state index contributed by atoms with van der Waals surface area (Å²) < 4.78 is 0. The number of nitrogens with one attached hydrogen (secondary N) is 1.